The van der Waals surface area contributed by atoms with Gasteiger partial charge in [0.1, 0.15) is 23.9 Å². The maximum absolute atomic E-state index is 13.3. The molecular weight excluding hydrogens is 508 g/mol. The van der Waals surface area contributed by atoms with Crippen LogP contribution in [0.2, 0.25) is 0 Å². The summed E-state index contributed by atoms with van der Waals surface area (Å²) in [6.07, 6.45) is 0.662. The molecule has 0 aliphatic carbocycles. The number of amides is 1. The first kappa shape index (κ1) is 27.4. The van der Waals surface area contributed by atoms with Gasteiger partial charge in [-0.3, -0.25) is 14.5 Å². The van der Waals surface area contributed by atoms with Gasteiger partial charge in [0.25, 0.3) is 11.7 Å². The minimum absolute atomic E-state index is 0.00963. The lowest BCUT2D eigenvalue weighted by Gasteiger charge is -2.29. The summed E-state index contributed by atoms with van der Waals surface area (Å²) in [6.45, 7) is 6.57. The summed E-state index contributed by atoms with van der Waals surface area (Å²) in [6, 6.07) is 20.5. The summed E-state index contributed by atoms with van der Waals surface area (Å²) < 4.78 is 11.3. The number of phenols is 1. The molecule has 0 unspecified atom stereocenters. The molecule has 1 atom stereocenters. The SMILES string of the molecule is Cc1cccc(COc2ccc(/C(O)=C3\C(=O)C(=O)N(CCCN4CCOCC4)[C@@H]3c3cccc(O)c3)cc2)c1. The van der Waals surface area contributed by atoms with Crippen molar-refractivity contribution in [1.29, 1.82) is 0 Å². The number of rotatable bonds is 9. The first-order valence-electron chi connectivity index (χ1n) is 13.6. The van der Waals surface area contributed by atoms with E-state index in [1.165, 1.54) is 17.0 Å². The largest absolute Gasteiger partial charge is 0.508 e. The van der Waals surface area contributed by atoms with Crippen molar-refractivity contribution in [3.8, 4) is 11.5 Å². The smallest absolute Gasteiger partial charge is 0.295 e. The van der Waals surface area contributed by atoms with Crippen molar-refractivity contribution < 1.29 is 29.3 Å². The van der Waals surface area contributed by atoms with E-state index in [1.54, 1.807) is 36.4 Å². The summed E-state index contributed by atoms with van der Waals surface area (Å²) in [5, 5.41) is 21.5. The van der Waals surface area contributed by atoms with Crippen molar-refractivity contribution >= 4 is 17.4 Å². The summed E-state index contributed by atoms with van der Waals surface area (Å²) in [4.78, 5) is 30.3. The molecule has 5 rings (SSSR count). The van der Waals surface area contributed by atoms with Gasteiger partial charge in [-0.15, -0.1) is 0 Å². The molecule has 0 spiro atoms. The molecule has 2 aliphatic heterocycles. The molecule has 208 valence electrons. The highest BCUT2D eigenvalue weighted by Gasteiger charge is 2.45. The Hall–Kier alpha value is -4.14. The van der Waals surface area contributed by atoms with E-state index in [-0.39, 0.29) is 17.1 Å². The van der Waals surface area contributed by atoms with Crippen LogP contribution < -0.4 is 4.74 Å². The molecule has 8 heteroatoms. The van der Waals surface area contributed by atoms with Crippen LogP contribution in [0.15, 0.2) is 78.4 Å². The molecule has 0 aromatic heterocycles. The minimum atomic E-state index is -0.811. The van der Waals surface area contributed by atoms with Gasteiger partial charge in [0, 0.05) is 31.7 Å². The zero-order valence-corrected chi connectivity index (χ0v) is 22.6. The molecular formula is C32H34N2O6. The number of aliphatic hydroxyl groups is 1. The number of carbonyl (C=O) groups is 2. The Bertz CT molecular complexity index is 1390. The van der Waals surface area contributed by atoms with Crippen molar-refractivity contribution in [2.24, 2.45) is 0 Å². The van der Waals surface area contributed by atoms with E-state index in [4.69, 9.17) is 9.47 Å². The number of aryl methyl sites for hydroxylation is 1. The van der Waals surface area contributed by atoms with E-state index in [0.29, 0.717) is 49.7 Å². The third kappa shape index (κ3) is 6.19. The second-order valence-electron chi connectivity index (χ2n) is 10.2. The fraction of sp³-hybridized carbons (Fsp3) is 0.312. The number of benzene rings is 3. The zero-order valence-electron chi connectivity index (χ0n) is 22.6. The number of phenolic OH excluding ortho intramolecular Hbond substituents is 1. The van der Waals surface area contributed by atoms with Gasteiger partial charge >= 0.3 is 0 Å². The predicted molar refractivity (Wildman–Crippen MR) is 151 cm³/mol. The van der Waals surface area contributed by atoms with Crippen molar-refractivity contribution in [2.45, 2.75) is 26.0 Å². The van der Waals surface area contributed by atoms with Gasteiger partial charge in [0.2, 0.25) is 0 Å². The van der Waals surface area contributed by atoms with Crippen LogP contribution in [0.3, 0.4) is 0 Å². The number of carbonyl (C=O) groups excluding carboxylic acids is 2. The van der Waals surface area contributed by atoms with E-state index in [1.807, 2.05) is 25.1 Å². The van der Waals surface area contributed by atoms with Gasteiger partial charge in [-0.2, -0.15) is 0 Å². The second-order valence-corrected chi connectivity index (χ2v) is 10.2. The average Bonchev–Trinajstić information content (AvgIpc) is 3.22. The molecule has 0 bridgehead atoms. The Morgan fingerprint density at radius 3 is 2.45 bits per heavy atom. The Kier molecular flexibility index (Phi) is 8.48. The minimum Gasteiger partial charge on any atom is -0.508 e. The highest BCUT2D eigenvalue weighted by molar-refractivity contribution is 6.46. The van der Waals surface area contributed by atoms with Crippen LogP contribution in [0.1, 0.15) is 34.7 Å². The second kappa shape index (κ2) is 12.4. The van der Waals surface area contributed by atoms with Gasteiger partial charge in [0.15, 0.2) is 0 Å². The van der Waals surface area contributed by atoms with Gasteiger partial charge in [-0.25, -0.2) is 0 Å². The van der Waals surface area contributed by atoms with Crippen LogP contribution in [0.5, 0.6) is 11.5 Å². The van der Waals surface area contributed by atoms with Crippen LogP contribution in [0.25, 0.3) is 5.76 Å². The molecule has 40 heavy (non-hydrogen) atoms. The lowest BCUT2D eigenvalue weighted by Crippen LogP contribution is -2.38. The van der Waals surface area contributed by atoms with E-state index in [2.05, 4.69) is 11.0 Å². The van der Waals surface area contributed by atoms with Crippen LogP contribution in [-0.2, 0) is 20.9 Å². The maximum atomic E-state index is 13.3. The van der Waals surface area contributed by atoms with Gasteiger partial charge in [-0.05, 0) is 60.9 Å². The molecule has 1 amide bonds. The fourth-order valence-corrected chi connectivity index (χ4v) is 5.27. The summed E-state index contributed by atoms with van der Waals surface area (Å²) in [7, 11) is 0. The lowest BCUT2D eigenvalue weighted by atomic mass is 9.95. The monoisotopic (exact) mass is 542 g/mol. The van der Waals surface area contributed by atoms with Gasteiger partial charge in [0.05, 0.1) is 24.8 Å². The number of Topliss-reactive ketones (excluding diaryl/α,β-unsaturated/α-hetero) is 1. The first-order chi connectivity index (χ1) is 19.4. The number of hydrogen-bond acceptors (Lipinski definition) is 7. The normalized spacial score (nSPS) is 19.2. The molecule has 3 aromatic carbocycles. The Labute approximate surface area is 234 Å². The quantitative estimate of drug-likeness (QED) is 0.235. The molecule has 2 heterocycles. The van der Waals surface area contributed by atoms with Crippen LogP contribution in [-0.4, -0.2) is 71.1 Å². The van der Waals surface area contributed by atoms with Crippen LogP contribution in [0, 0.1) is 6.92 Å². The maximum Gasteiger partial charge on any atom is 0.295 e. The molecule has 3 aromatic rings. The van der Waals surface area contributed by atoms with Crippen LogP contribution >= 0.6 is 0 Å². The van der Waals surface area contributed by atoms with Crippen molar-refractivity contribution in [1.82, 2.24) is 9.80 Å². The number of likely N-dealkylation sites (tertiary alicyclic amines) is 1. The first-order valence-corrected chi connectivity index (χ1v) is 13.6. The molecule has 8 nitrogen and oxygen atoms in total. The third-order valence-electron chi connectivity index (χ3n) is 7.32. The Morgan fingerprint density at radius 2 is 1.73 bits per heavy atom. The molecule has 2 fully saturated rings. The Morgan fingerprint density at radius 1 is 0.975 bits per heavy atom. The summed E-state index contributed by atoms with van der Waals surface area (Å²) >= 11 is 0. The zero-order chi connectivity index (χ0) is 28.1. The lowest BCUT2D eigenvalue weighted by molar-refractivity contribution is -0.140. The summed E-state index contributed by atoms with van der Waals surface area (Å²) in [5.41, 5.74) is 3.17. The highest BCUT2D eigenvalue weighted by atomic mass is 16.5. The van der Waals surface area contributed by atoms with Crippen molar-refractivity contribution in [3.63, 3.8) is 0 Å². The van der Waals surface area contributed by atoms with E-state index in [0.717, 1.165) is 30.8 Å². The Balaban J connectivity index is 1.38. The number of hydrogen-bond donors (Lipinski definition) is 2. The predicted octanol–water partition coefficient (Wildman–Crippen LogP) is 4.42. The fourth-order valence-electron chi connectivity index (χ4n) is 5.27. The molecule has 2 saturated heterocycles. The van der Waals surface area contributed by atoms with Crippen LogP contribution in [0.4, 0.5) is 0 Å². The molecule has 2 aliphatic rings. The van der Waals surface area contributed by atoms with Gasteiger partial charge < -0.3 is 24.6 Å². The van der Waals surface area contributed by atoms with Gasteiger partial charge in [-0.1, -0.05) is 42.0 Å². The third-order valence-corrected chi connectivity index (χ3v) is 7.32. The molecule has 0 saturated carbocycles. The standard InChI is InChI=1S/C32H34N2O6/c1-22-5-2-6-23(19-22)21-40-27-11-9-24(10-12-27)30(36)28-29(25-7-3-8-26(35)20-25)34(32(38)31(28)37)14-4-13-33-15-17-39-18-16-33/h2-3,5-12,19-20,29,35-36H,4,13-18,21H2,1H3/b30-28+/t29-/m1/s1. The molecule has 2 N–H and O–H groups in total. The highest BCUT2D eigenvalue weighted by Crippen LogP contribution is 2.40. The number of aliphatic hydroxyl groups excluding tert-OH is 1. The number of ether oxygens (including phenoxy) is 2. The topological polar surface area (TPSA) is 99.5 Å². The molecule has 0 radical (unpaired) electrons. The average molecular weight is 543 g/mol. The van der Waals surface area contributed by atoms with E-state index in [9.17, 15) is 19.8 Å². The summed E-state index contributed by atoms with van der Waals surface area (Å²) in [5.74, 6) is -1.02. The van der Waals surface area contributed by atoms with Crippen molar-refractivity contribution in [2.75, 3.05) is 39.4 Å². The number of morpholine rings is 1. The van der Waals surface area contributed by atoms with Crippen molar-refractivity contribution in [3.05, 3.63) is 101 Å². The number of ketones is 1. The number of aromatic hydroxyl groups is 1. The number of nitrogens with zero attached hydrogens (tertiary/aromatic N) is 2. The van der Waals surface area contributed by atoms with E-state index < -0.39 is 17.7 Å². The van der Waals surface area contributed by atoms with E-state index >= 15 is 0 Å².